The quantitative estimate of drug-likeness (QED) is 0.842. The van der Waals surface area contributed by atoms with Gasteiger partial charge in [-0.3, -0.25) is 4.79 Å². The first-order valence-corrected chi connectivity index (χ1v) is 8.82. The molecule has 2 aromatic rings. The van der Waals surface area contributed by atoms with Crippen molar-refractivity contribution in [2.45, 2.75) is 18.9 Å². The Balaban J connectivity index is 1.37. The number of fused-ring (bicyclic) bond motifs is 2. The van der Waals surface area contributed by atoms with Crippen LogP contribution in [0.15, 0.2) is 48.5 Å². The Hall–Kier alpha value is -2.53. The minimum atomic E-state index is -0.0111. The van der Waals surface area contributed by atoms with Gasteiger partial charge in [0.15, 0.2) is 0 Å². The van der Waals surface area contributed by atoms with Gasteiger partial charge in [0.05, 0.1) is 0 Å². The van der Waals surface area contributed by atoms with Gasteiger partial charge in [-0.1, -0.05) is 6.07 Å². The van der Waals surface area contributed by atoms with Gasteiger partial charge < -0.3 is 20.7 Å². The van der Waals surface area contributed by atoms with E-state index in [2.05, 4.69) is 10.2 Å². The number of nitrogen functional groups attached to an aromatic ring is 1. The molecule has 2 heterocycles. The van der Waals surface area contributed by atoms with Gasteiger partial charge in [-0.25, -0.2) is 0 Å². The molecule has 2 bridgehead atoms. The third kappa shape index (κ3) is 3.77. The van der Waals surface area contributed by atoms with Gasteiger partial charge in [-0.05, 0) is 61.7 Å². The molecule has 2 fully saturated rings. The highest BCUT2D eigenvalue weighted by Gasteiger charge is 2.32. The van der Waals surface area contributed by atoms with Crippen molar-refractivity contribution >= 4 is 11.6 Å². The Kier molecular flexibility index (Phi) is 4.32. The van der Waals surface area contributed by atoms with E-state index in [0.717, 1.165) is 18.9 Å². The molecule has 3 N–H and O–H groups in total. The van der Waals surface area contributed by atoms with Crippen LogP contribution < -0.4 is 15.8 Å². The van der Waals surface area contributed by atoms with Crippen LogP contribution in [0.3, 0.4) is 0 Å². The maximum Gasteiger partial charge on any atom is 0.251 e. The van der Waals surface area contributed by atoms with Gasteiger partial charge in [-0.2, -0.15) is 0 Å². The molecule has 2 aliphatic rings. The number of rotatable bonds is 4. The topological polar surface area (TPSA) is 67.6 Å². The van der Waals surface area contributed by atoms with Crippen molar-refractivity contribution in [3.63, 3.8) is 0 Å². The lowest BCUT2D eigenvalue weighted by Crippen LogP contribution is -2.46. The summed E-state index contributed by atoms with van der Waals surface area (Å²) in [4.78, 5) is 14.9. The minimum Gasteiger partial charge on any atom is -0.457 e. The lowest BCUT2D eigenvalue weighted by Gasteiger charge is -2.30. The van der Waals surface area contributed by atoms with E-state index in [4.69, 9.17) is 10.5 Å². The van der Waals surface area contributed by atoms with E-state index < -0.39 is 0 Å². The SMILES string of the molecule is Nc1cccc(Oc2ccc(C(=O)NC3CC4CCN(C4)C3)cc2)c1. The Labute approximate surface area is 147 Å². The molecular weight excluding hydrogens is 314 g/mol. The molecule has 3 unspecified atom stereocenters. The van der Waals surface area contributed by atoms with Crippen LogP contribution in [0.25, 0.3) is 0 Å². The highest BCUT2D eigenvalue weighted by molar-refractivity contribution is 5.94. The first-order chi connectivity index (χ1) is 12.2. The maximum atomic E-state index is 12.5. The third-order valence-electron chi connectivity index (χ3n) is 5.01. The van der Waals surface area contributed by atoms with Crippen LogP contribution in [0.1, 0.15) is 23.2 Å². The number of benzene rings is 2. The molecular formula is C20H23N3O2. The number of anilines is 1. The standard InChI is InChI=1S/C20H23N3O2/c21-16-2-1-3-19(11-16)25-18-6-4-15(5-7-18)20(24)22-17-10-14-8-9-23(12-14)13-17/h1-7,11,14,17H,8-10,12-13,21H2,(H,22,24). The summed E-state index contributed by atoms with van der Waals surface area (Å²) >= 11 is 0. The van der Waals surface area contributed by atoms with E-state index in [9.17, 15) is 4.79 Å². The average molecular weight is 337 g/mol. The number of nitrogens with one attached hydrogen (secondary N) is 1. The van der Waals surface area contributed by atoms with Crippen LogP contribution >= 0.6 is 0 Å². The Bertz CT molecular complexity index is 748. The lowest BCUT2D eigenvalue weighted by molar-refractivity contribution is 0.0909. The summed E-state index contributed by atoms with van der Waals surface area (Å²) in [5, 5.41) is 3.17. The summed E-state index contributed by atoms with van der Waals surface area (Å²) in [6.45, 7) is 3.34. The number of nitrogens with zero attached hydrogens (tertiary/aromatic N) is 1. The van der Waals surface area contributed by atoms with Crippen molar-refractivity contribution in [2.75, 3.05) is 25.4 Å². The molecule has 5 nitrogen and oxygen atoms in total. The molecule has 0 saturated carbocycles. The maximum absolute atomic E-state index is 12.5. The second-order valence-corrected chi connectivity index (χ2v) is 7.02. The molecule has 4 rings (SSSR count). The smallest absolute Gasteiger partial charge is 0.251 e. The van der Waals surface area contributed by atoms with E-state index in [-0.39, 0.29) is 11.9 Å². The Morgan fingerprint density at radius 2 is 1.96 bits per heavy atom. The molecule has 25 heavy (non-hydrogen) atoms. The molecule has 0 aliphatic carbocycles. The highest BCUT2D eigenvalue weighted by Crippen LogP contribution is 2.27. The largest absolute Gasteiger partial charge is 0.457 e. The normalized spacial score (nSPS) is 24.7. The van der Waals surface area contributed by atoms with Crippen LogP contribution in [0, 0.1) is 5.92 Å². The van der Waals surface area contributed by atoms with E-state index in [1.54, 1.807) is 18.2 Å². The molecule has 3 atom stereocenters. The predicted molar refractivity (Wildman–Crippen MR) is 97.8 cm³/mol. The Morgan fingerprint density at radius 3 is 2.72 bits per heavy atom. The molecule has 1 amide bonds. The van der Waals surface area contributed by atoms with E-state index in [1.807, 2.05) is 30.3 Å². The second kappa shape index (κ2) is 6.76. The van der Waals surface area contributed by atoms with Crippen LogP contribution in [-0.4, -0.2) is 36.5 Å². The lowest BCUT2D eigenvalue weighted by atomic mass is 9.96. The molecule has 2 aromatic carbocycles. The number of carbonyl (C=O) groups excluding carboxylic acids is 1. The fraction of sp³-hybridized carbons (Fsp3) is 0.350. The van der Waals surface area contributed by atoms with Gasteiger partial charge in [0, 0.05) is 36.4 Å². The summed E-state index contributed by atoms with van der Waals surface area (Å²) in [6.07, 6.45) is 2.36. The van der Waals surface area contributed by atoms with E-state index in [0.29, 0.717) is 22.7 Å². The fourth-order valence-electron chi connectivity index (χ4n) is 3.82. The first kappa shape index (κ1) is 16.0. The summed E-state index contributed by atoms with van der Waals surface area (Å²) in [7, 11) is 0. The summed E-state index contributed by atoms with van der Waals surface area (Å²) < 4.78 is 5.76. The predicted octanol–water partition coefficient (Wildman–Crippen LogP) is 2.89. The summed E-state index contributed by atoms with van der Waals surface area (Å²) in [5.74, 6) is 2.10. The molecule has 5 heteroatoms. The number of ether oxygens (including phenoxy) is 1. The van der Waals surface area contributed by atoms with Crippen LogP contribution in [0.5, 0.6) is 11.5 Å². The van der Waals surface area contributed by atoms with Gasteiger partial charge >= 0.3 is 0 Å². The summed E-state index contributed by atoms with van der Waals surface area (Å²) in [6, 6.07) is 14.8. The zero-order valence-corrected chi connectivity index (χ0v) is 14.2. The van der Waals surface area contributed by atoms with Crippen molar-refractivity contribution in [3.05, 3.63) is 54.1 Å². The number of nitrogens with two attached hydrogens (primary N) is 1. The van der Waals surface area contributed by atoms with Gasteiger partial charge in [0.1, 0.15) is 11.5 Å². The highest BCUT2D eigenvalue weighted by atomic mass is 16.5. The molecule has 0 radical (unpaired) electrons. The van der Waals surface area contributed by atoms with Gasteiger partial charge in [0.25, 0.3) is 5.91 Å². The van der Waals surface area contributed by atoms with Crippen molar-refractivity contribution < 1.29 is 9.53 Å². The minimum absolute atomic E-state index is 0.0111. The zero-order valence-electron chi connectivity index (χ0n) is 14.2. The van der Waals surface area contributed by atoms with Crippen molar-refractivity contribution in [3.8, 4) is 11.5 Å². The first-order valence-electron chi connectivity index (χ1n) is 8.82. The number of hydrogen-bond donors (Lipinski definition) is 2. The van der Waals surface area contributed by atoms with Crippen LogP contribution in [0.4, 0.5) is 5.69 Å². The molecule has 2 aliphatic heterocycles. The van der Waals surface area contributed by atoms with E-state index >= 15 is 0 Å². The molecule has 0 aromatic heterocycles. The zero-order chi connectivity index (χ0) is 17.2. The van der Waals surface area contributed by atoms with Crippen LogP contribution in [-0.2, 0) is 0 Å². The van der Waals surface area contributed by atoms with Gasteiger partial charge in [0.2, 0.25) is 0 Å². The van der Waals surface area contributed by atoms with E-state index in [1.165, 1.54) is 19.5 Å². The number of piperidine rings is 1. The molecule has 0 spiro atoms. The summed E-state index contributed by atoms with van der Waals surface area (Å²) in [5.41, 5.74) is 7.07. The third-order valence-corrected chi connectivity index (χ3v) is 5.01. The van der Waals surface area contributed by atoms with Crippen molar-refractivity contribution in [1.82, 2.24) is 10.2 Å². The van der Waals surface area contributed by atoms with Crippen molar-refractivity contribution in [1.29, 1.82) is 0 Å². The molecule has 2 saturated heterocycles. The number of amides is 1. The number of carbonyl (C=O) groups is 1. The monoisotopic (exact) mass is 337 g/mol. The number of hydrogen-bond acceptors (Lipinski definition) is 4. The van der Waals surface area contributed by atoms with Crippen molar-refractivity contribution in [2.24, 2.45) is 5.92 Å². The van der Waals surface area contributed by atoms with Gasteiger partial charge in [-0.15, -0.1) is 0 Å². The fourth-order valence-corrected chi connectivity index (χ4v) is 3.82. The Morgan fingerprint density at radius 1 is 1.12 bits per heavy atom. The molecule has 130 valence electrons. The van der Waals surface area contributed by atoms with Crippen LogP contribution in [0.2, 0.25) is 0 Å². The second-order valence-electron chi connectivity index (χ2n) is 7.02. The average Bonchev–Trinajstić information content (AvgIpc) is 2.94.